The van der Waals surface area contributed by atoms with E-state index in [0.29, 0.717) is 12.2 Å². The fourth-order valence-corrected chi connectivity index (χ4v) is 3.29. The number of ether oxygens (including phenoxy) is 1. The zero-order valence-electron chi connectivity index (χ0n) is 10.6. The number of fused-ring (bicyclic) bond motifs is 1. The Balaban J connectivity index is 2.02. The van der Waals surface area contributed by atoms with Crippen LogP contribution in [0.4, 0.5) is 0 Å². The minimum atomic E-state index is -0.134. The molecule has 1 heterocycles. The molecular weight excluding hydrogens is 384 g/mol. The van der Waals surface area contributed by atoms with Crippen molar-refractivity contribution in [3.05, 3.63) is 62.5 Å². The summed E-state index contributed by atoms with van der Waals surface area (Å²) in [5.74, 6) is 0.822. The lowest BCUT2D eigenvalue weighted by molar-refractivity contribution is 0.0932. The van der Waals surface area contributed by atoms with E-state index in [4.69, 9.17) is 4.74 Å². The first-order valence-electron chi connectivity index (χ1n) is 6.38. The van der Waals surface area contributed by atoms with Crippen LogP contribution in [0.5, 0.6) is 5.75 Å². The summed E-state index contributed by atoms with van der Waals surface area (Å²) in [4.78, 5) is 12.8. The molecule has 0 amide bonds. The van der Waals surface area contributed by atoms with Crippen LogP contribution in [0, 0.1) is 0 Å². The van der Waals surface area contributed by atoms with Crippen LogP contribution in [0.1, 0.15) is 28.3 Å². The van der Waals surface area contributed by atoms with Crippen LogP contribution in [0.3, 0.4) is 0 Å². The molecule has 1 unspecified atom stereocenters. The molecule has 20 heavy (non-hydrogen) atoms. The fourth-order valence-electron chi connectivity index (χ4n) is 2.49. The van der Waals surface area contributed by atoms with Gasteiger partial charge >= 0.3 is 0 Å². The first-order valence-corrected chi connectivity index (χ1v) is 7.96. The van der Waals surface area contributed by atoms with Crippen molar-refractivity contribution >= 4 is 37.6 Å². The fraction of sp³-hybridized carbons (Fsp3) is 0.188. The van der Waals surface area contributed by atoms with E-state index in [1.807, 2.05) is 42.5 Å². The van der Waals surface area contributed by atoms with Crippen molar-refractivity contribution in [1.29, 1.82) is 0 Å². The number of Topliss-reactive ketones (excluding diaryl/α,β-unsaturated/α-hetero) is 1. The Hall–Kier alpha value is -1.13. The first kappa shape index (κ1) is 13.8. The smallest absolute Gasteiger partial charge is 0.171 e. The third kappa shape index (κ3) is 2.54. The second-order valence-electron chi connectivity index (χ2n) is 4.72. The number of rotatable bonds is 2. The number of hydrogen-bond acceptors (Lipinski definition) is 2. The molecule has 4 heteroatoms. The van der Waals surface area contributed by atoms with Gasteiger partial charge in [-0.05, 0) is 30.7 Å². The average molecular weight is 396 g/mol. The van der Waals surface area contributed by atoms with Gasteiger partial charge in [-0.15, -0.1) is 0 Å². The Morgan fingerprint density at radius 3 is 2.80 bits per heavy atom. The molecule has 2 nitrogen and oxygen atoms in total. The Kier molecular flexibility index (Phi) is 3.94. The Labute approximate surface area is 134 Å². The zero-order valence-corrected chi connectivity index (χ0v) is 13.8. The van der Waals surface area contributed by atoms with E-state index in [9.17, 15) is 4.79 Å². The summed E-state index contributed by atoms with van der Waals surface area (Å²) in [5, 5.41) is 0. The standard InChI is InChI=1S/C16H12Br2O2/c17-10-5-6-14(18)13(9-10)16(19)12-7-8-20-15-4-2-1-3-11(12)15/h1-6,9,12H,7-8H2. The molecule has 1 aliphatic rings. The van der Waals surface area contributed by atoms with Gasteiger partial charge in [-0.1, -0.05) is 50.1 Å². The number of carbonyl (C=O) groups excluding carboxylic acids is 1. The lowest BCUT2D eigenvalue weighted by atomic mass is 9.86. The van der Waals surface area contributed by atoms with Gasteiger partial charge in [-0.25, -0.2) is 0 Å². The molecule has 0 saturated carbocycles. The summed E-state index contributed by atoms with van der Waals surface area (Å²) in [7, 11) is 0. The highest BCUT2D eigenvalue weighted by Gasteiger charge is 2.29. The highest BCUT2D eigenvalue weighted by atomic mass is 79.9. The molecular formula is C16H12Br2O2. The lowest BCUT2D eigenvalue weighted by Crippen LogP contribution is -2.21. The van der Waals surface area contributed by atoms with Crippen molar-refractivity contribution in [3.8, 4) is 5.75 Å². The monoisotopic (exact) mass is 394 g/mol. The zero-order chi connectivity index (χ0) is 14.1. The number of ketones is 1. The minimum Gasteiger partial charge on any atom is -0.493 e. The van der Waals surface area contributed by atoms with Crippen molar-refractivity contribution in [2.75, 3.05) is 6.61 Å². The second-order valence-corrected chi connectivity index (χ2v) is 6.49. The molecule has 0 aromatic heterocycles. The van der Waals surface area contributed by atoms with Gasteiger partial charge in [0.05, 0.1) is 12.5 Å². The molecule has 1 aliphatic heterocycles. The Bertz CT molecular complexity index is 667. The van der Waals surface area contributed by atoms with Crippen molar-refractivity contribution in [1.82, 2.24) is 0 Å². The van der Waals surface area contributed by atoms with Crippen LogP contribution < -0.4 is 4.74 Å². The van der Waals surface area contributed by atoms with E-state index >= 15 is 0 Å². The number of carbonyl (C=O) groups is 1. The molecule has 0 saturated heterocycles. The maximum absolute atomic E-state index is 12.8. The average Bonchev–Trinajstić information content (AvgIpc) is 2.48. The highest BCUT2D eigenvalue weighted by molar-refractivity contribution is 9.11. The predicted octanol–water partition coefficient (Wildman–Crippen LogP) is 4.96. The summed E-state index contributed by atoms with van der Waals surface area (Å²) >= 11 is 6.89. The van der Waals surface area contributed by atoms with E-state index in [1.54, 1.807) is 0 Å². The maximum atomic E-state index is 12.8. The van der Waals surface area contributed by atoms with E-state index in [0.717, 1.165) is 26.7 Å². The van der Waals surface area contributed by atoms with Crippen molar-refractivity contribution in [2.45, 2.75) is 12.3 Å². The third-order valence-electron chi connectivity index (χ3n) is 3.47. The van der Waals surface area contributed by atoms with E-state index < -0.39 is 0 Å². The number of benzene rings is 2. The van der Waals surface area contributed by atoms with Gasteiger partial charge in [-0.2, -0.15) is 0 Å². The summed E-state index contributed by atoms with van der Waals surface area (Å²) < 4.78 is 7.36. The van der Waals surface area contributed by atoms with Gasteiger partial charge in [0.15, 0.2) is 5.78 Å². The molecule has 1 atom stereocenters. The van der Waals surface area contributed by atoms with E-state index in [2.05, 4.69) is 31.9 Å². The topological polar surface area (TPSA) is 26.3 Å². The molecule has 0 fully saturated rings. The second kappa shape index (κ2) is 5.70. The SMILES string of the molecule is O=C(c1cc(Br)ccc1Br)C1CCOc2ccccc21. The third-order valence-corrected chi connectivity index (χ3v) is 4.65. The van der Waals surface area contributed by atoms with Crippen LogP contribution in [0.2, 0.25) is 0 Å². The molecule has 0 radical (unpaired) electrons. The molecule has 2 aromatic carbocycles. The van der Waals surface area contributed by atoms with Crippen molar-refractivity contribution in [3.63, 3.8) is 0 Å². The number of para-hydroxylation sites is 1. The molecule has 0 spiro atoms. The van der Waals surface area contributed by atoms with Gasteiger partial charge in [0, 0.05) is 20.1 Å². The number of halogens is 2. The van der Waals surface area contributed by atoms with Crippen LogP contribution in [0.25, 0.3) is 0 Å². The summed E-state index contributed by atoms with van der Waals surface area (Å²) in [6, 6.07) is 13.4. The van der Waals surface area contributed by atoms with Crippen LogP contribution in [0.15, 0.2) is 51.4 Å². The summed E-state index contributed by atoms with van der Waals surface area (Å²) in [6.45, 7) is 0.582. The highest BCUT2D eigenvalue weighted by Crippen LogP contribution is 2.37. The molecule has 0 N–H and O–H groups in total. The quantitative estimate of drug-likeness (QED) is 0.671. The summed E-state index contributed by atoms with van der Waals surface area (Å²) in [6.07, 6.45) is 0.717. The molecule has 102 valence electrons. The van der Waals surface area contributed by atoms with E-state index in [1.165, 1.54) is 0 Å². The van der Waals surface area contributed by atoms with Gasteiger partial charge in [-0.3, -0.25) is 4.79 Å². The molecule has 3 rings (SSSR count). The van der Waals surface area contributed by atoms with Crippen LogP contribution in [-0.4, -0.2) is 12.4 Å². The maximum Gasteiger partial charge on any atom is 0.171 e. The number of hydrogen-bond donors (Lipinski definition) is 0. The minimum absolute atomic E-state index is 0.133. The van der Waals surface area contributed by atoms with Gasteiger partial charge in [0.1, 0.15) is 5.75 Å². The van der Waals surface area contributed by atoms with E-state index in [-0.39, 0.29) is 11.7 Å². The van der Waals surface area contributed by atoms with Crippen LogP contribution >= 0.6 is 31.9 Å². The van der Waals surface area contributed by atoms with Crippen molar-refractivity contribution in [2.24, 2.45) is 0 Å². The molecule has 0 aliphatic carbocycles. The van der Waals surface area contributed by atoms with Gasteiger partial charge < -0.3 is 4.74 Å². The Morgan fingerprint density at radius 2 is 1.95 bits per heavy atom. The molecule has 2 aromatic rings. The predicted molar refractivity (Wildman–Crippen MR) is 85.5 cm³/mol. The van der Waals surface area contributed by atoms with Gasteiger partial charge in [0.25, 0.3) is 0 Å². The summed E-state index contributed by atoms with van der Waals surface area (Å²) in [5.41, 5.74) is 1.69. The first-order chi connectivity index (χ1) is 9.66. The molecule has 0 bridgehead atoms. The lowest BCUT2D eigenvalue weighted by Gasteiger charge is -2.25. The van der Waals surface area contributed by atoms with Gasteiger partial charge in [0.2, 0.25) is 0 Å². The Morgan fingerprint density at radius 1 is 1.15 bits per heavy atom. The largest absolute Gasteiger partial charge is 0.493 e. The van der Waals surface area contributed by atoms with Crippen LogP contribution in [-0.2, 0) is 0 Å². The normalized spacial score (nSPS) is 17.2. The van der Waals surface area contributed by atoms with Crippen molar-refractivity contribution < 1.29 is 9.53 Å².